The van der Waals surface area contributed by atoms with Gasteiger partial charge in [0, 0.05) is 0 Å². The first-order valence-electron chi connectivity index (χ1n) is 4.21. The Balaban J connectivity index is 2.09. The maximum atomic E-state index is 2.40. The standard InChI is InChI=1S/C10H14/c1-2-3-9-6-8-4-5-10(9)7-8/h2-5,8-10H,6-7H2,1H3/b3-2-/t8-,9-,10-/m1/s1. The summed E-state index contributed by atoms with van der Waals surface area (Å²) in [4.78, 5) is 0. The van der Waals surface area contributed by atoms with E-state index in [1.807, 2.05) is 0 Å². The lowest BCUT2D eigenvalue weighted by atomic mass is 9.93. The molecule has 0 aromatic carbocycles. The van der Waals surface area contributed by atoms with Crippen LogP contribution in [-0.4, -0.2) is 0 Å². The average molecular weight is 134 g/mol. The Morgan fingerprint density at radius 2 is 2.20 bits per heavy atom. The predicted molar refractivity (Wildman–Crippen MR) is 43.7 cm³/mol. The van der Waals surface area contributed by atoms with E-state index in [9.17, 15) is 0 Å². The van der Waals surface area contributed by atoms with Gasteiger partial charge in [0.1, 0.15) is 0 Å². The Morgan fingerprint density at radius 1 is 1.30 bits per heavy atom. The zero-order valence-corrected chi connectivity index (χ0v) is 6.46. The van der Waals surface area contributed by atoms with Crippen LogP contribution in [0, 0.1) is 17.8 Å². The van der Waals surface area contributed by atoms with Crippen LogP contribution >= 0.6 is 0 Å². The third kappa shape index (κ3) is 0.828. The zero-order chi connectivity index (χ0) is 6.97. The highest BCUT2D eigenvalue weighted by Gasteiger charge is 2.33. The van der Waals surface area contributed by atoms with Crippen LogP contribution in [0.1, 0.15) is 19.8 Å². The SMILES string of the molecule is C/C=C\[C@@H]1C[C@H]2C=C[C@@H]1C2. The van der Waals surface area contributed by atoms with Crippen molar-refractivity contribution in [2.75, 3.05) is 0 Å². The maximum Gasteiger partial charge on any atom is -0.0165 e. The fourth-order valence-electron chi connectivity index (χ4n) is 2.29. The Hall–Kier alpha value is -0.520. The van der Waals surface area contributed by atoms with Gasteiger partial charge in [-0.05, 0) is 37.5 Å². The molecule has 2 bridgehead atoms. The molecule has 0 saturated heterocycles. The lowest BCUT2D eigenvalue weighted by Gasteiger charge is -2.12. The second kappa shape index (κ2) is 2.26. The number of rotatable bonds is 1. The minimum atomic E-state index is 0.875. The number of allylic oxidation sites excluding steroid dienone is 4. The van der Waals surface area contributed by atoms with Crippen LogP contribution in [0.5, 0.6) is 0 Å². The molecule has 2 rings (SSSR count). The molecule has 2 aliphatic rings. The predicted octanol–water partition coefficient (Wildman–Crippen LogP) is 2.77. The van der Waals surface area contributed by atoms with Crippen LogP contribution in [0.25, 0.3) is 0 Å². The number of fused-ring (bicyclic) bond motifs is 2. The van der Waals surface area contributed by atoms with E-state index < -0.39 is 0 Å². The van der Waals surface area contributed by atoms with Gasteiger partial charge in [0.15, 0.2) is 0 Å². The van der Waals surface area contributed by atoms with Crippen LogP contribution in [0.15, 0.2) is 24.3 Å². The van der Waals surface area contributed by atoms with Crippen molar-refractivity contribution in [3.63, 3.8) is 0 Å². The van der Waals surface area contributed by atoms with Gasteiger partial charge >= 0.3 is 0 Å². The Kier molecular flexibility index (Phi) is 1.40. The van der Waals surface area contributed by atoms with E-state index in [4.69, 9.17) is 0 Å². The van der Waals surface area contributed by atoms with Gasteiger partial charge in [-0.25, -0.2) is 0 Å². The topological polar surface area (TPSA) is 0 Å². The summed E-state index contributed by atoms with van der Waals surface area (Å²) in [7, 11) is 0. The van der Waals surface area contributed by atoms with Gasteiger partial charge < -0.3 is 0 Å². The third-order valence-corrected chi connectivity index (χ3v) is 2.77. The molecule has 0 unspecified atom stereocenters. The second-order valence-electron chi connectivity index (χ2n) is 3.47. The van der Waals surface area contributed by atoms with Gasteiger partial charge in [0.25, 0.3) is 0 Å². The van der Waals surface area contributed by atoms with Crippen LogP contribution in [0.3, 0.4) is 0 Å². The summed E-state index contributed by atoms with van der Waals surface area (Å²) < 4.78 is 0. The van der Waals surface area contributed by atoms with Crippen molar-refractivity contribution in [3.8, 4) is 0 Å². The molecule has 0 amide bonds. The quantitative estimate of drug-likeness (QED) is 0.484. The van der Waals surface area contributed by atoms with Crippen LogP contribution in [0.4, 0.5) is 0 Å². The summed E-state index contributed by atoms with van der Waals surface area (Å²) in [6.45, 7) is 2.12. The first-order valence-corrected chi connectivity index (χ1v) is 4.21. The minimum Gasteiger partial charge on any atom is -0.0914 e. The second-order valence-corrected chi connectivity index (χ2v) is 3.47. The molecule has 54 valence electrons. The summed E-state index contributed by atoms with van der Waals surface area (Å²) in [6, 6.07) is 0. The molecule has 1 fully saturated rings. The molecule has 2 aliphatic carbocycles. The first-order chi connectivity index (χ1) is 4.90. The lowest BCUT2D eigenvalue weighted by Crippen LogP contribution is -2.02. The monoisotopic (exact) mass is 134 g/mol. The van der Waals surface area contributed by atoms with E-state index in [0.717, 1.165) is 17.8 Å². The van der Waals surface area contributed by atoms with Crippen molar-refractivity contribution in [1.82, 2.24) is 0 Å². The van der Waals surface area contributed by atoms with Crippen molar-refractivity contribution < 1.29 is 0 Å². The van der Waals surface area contributed by atoms with E-state index in [1.54, 1.807) is 0 Å². The zero-order valence-electron chi connectivity index (χ0n) is 6.46. The van der Waals surface area contributed by atoms with Gasteiger partial charge in [0.05, 0.1) is 0 Å². The molecule has 0 radical (unpaired) electrons. The lowest BCUT2D eigenvalue weighted by molar-refractivity contribution is 0.549. The summed E-state index contributed by atoms with van der Waals surface area (Å²) in [5.74, 6) is 2.69. The summed E-state index contributed by atoms with van der Waals surface area (Å²) in [5, 5.41) is 0. The normalized spacial score (nSPS) is 43.9. The van der Waals surface area contributed by atoms with E-state index in [0.29, 0.717) is 0 Å². The molecule has 0 heteroatoms. The van der Waals surface area contributed by atoms with Crippen molar-refractivity contribution >= 4 is 0 Å². The fourth-order valence-corrected chi connectivity index (χ4v) is 2.29. The maximum absolute atomic E-state index is 2.40. The Morgan fingerprint density at radius 3 is 2.70 bits per heavy atom. The molecule has 0 aromatic rings. The van der Waals surface area contributed by atoms with E-state index in [1.165, 1.54) is 12.8 Å². The highest BCUT2D eigenvalue weighted by molar-refractivity contribution is 5.13. The van der Waals surface area contributed by atoms with Crippen molar-refractivity contribution in [1.29, 1.82) is 0 Å². The van der Waals surface area contributed by atoms with Gasteiger partial charge in [-0.15, -0.1) is 0 Å². The minimum absolute atomic E-state index is 0.875. The van der Waals surface area contributed by atoms with Crippen molar-refractivity contribution in [3.05, 3.63) is 24.3 Å². The molecule has 0 nitrogen and oxygen atoms in total. The van der Waals surface area contributed by atoms with E-state index in [-0.39, 0.29) is 0 Å². The number of hydrogen-bond donors (Lipinski definition) is 0. The molecule has 0 N–H and O–H groups in total. The molecule has 0 aromatic heterocycles. The van der Waals surface area contributed by atoms with Gasteiger partial charge in [-0.3, -0.25) is 0 Å². The smallest absolute Gasteiger partial charge is 0.0165 e. The molecule has 10 heavy (non-hydrogen) atoms. The molecule has 1 saturated carbocycles. The highest BCUT2D eigenvalue weighted by atomic mass is 14.4. The summed E-state index contributed by atoms with van der Waals surface area (Å²) >= 11 is 0. The molecular formula is C10H14. The molecule has 3 atom stereocenters. The Bertz CT molecular complexity index is 176. The van der Waals surface area contributed by atoms with Gasteiger partial charge in [-0.1, -0.05) is 24.3 Å². The van der Waals surface area contributed by atoms with Crippen molar-refractivity contribution in [2.24, 2.45) is 17.8 Å². The largest absolute Gasteiger partial charge is 0.0914 e. The number of hydrogen-bond acceptors (Lipinski definition) is 0. The van der Waals surface area contributed by atoms with Crippen LogP contribution in [0.2, 0.25) is 0 Å². The highest BCUT2D eigenvalue weighted by Crippen LogP contribution is 2.43. The van der Waals surface area contributed by atoms with Gasteiger partial charge in [0.2, 0.25) is 0 Å². The average Bonchev–Trinajstić information content (AvgIpc) is 2.48. The van der Waals surface area contributed by atoms with Crippen LogP contribution < -0.4 is 0 Å². The van der Waals surface area contributed by atoms with E-state index in [2.05, 4.69) is 31.2 Å². The summed E-state index contributed by atoms with van der Waals surface area (Å²) in [6.07, 6.45) is 12.2. The fraction of sp³-hybridized carbons (Fsp3) is 0.600. The third-order valence-electron chi connectivity index (χ3n) is 2.77. The van der Waals surface area contributed by atoms with E-state index >= 15 is 0 Å². The first kappa shape index (κ1) is 6.21. The molecular weight excluding hydrogens is 120 g/mol. The van der Waals surface area contributed by atoms with Gasteiger partial charge in [-0.2, -0.15) is 0 Å². The molecule has 0 heterocycles. The Labute approximate surface area is 62.6 Å². The van der Waals surface area contributed by atoms with Crippen LogP contribution in [-0.2, 0) is 0 Å². The van der Waals surface area contributed by atoms with Crippen molar-refractivity contribution in [2.45, 2.75) is 19.8 Å². The molecule has 0 spiro atoms. The molecule has 0 aliphatic heterocycles. The summed E-state index contributed by atoms with van der Waals surface area (Å²) in [5.41, 5.74) is 0.